The van der Waals surface area contributed by atoms with E-state index in [1.807, 2.05) is 0 Å². The van der Waals surface area contributed by atoms with Gasteiger partial charge in [0, 0.05) is 5.02 Å². The minimum absolute atomic E-state index is 0.135. The van der Waals surface area contributed by atoms with Gasteiger partial charge in [-0.2, -0.15) is 0 Å². The zero-order chi connectivity index (χ0) is 15.4. The topological polar surface area (TPSA) is 75.4 Å². The normalized spacial score (nSPS) is 12.0. The van der Waals surface area contributed by atoms with Gasteiger partial charge in [-0.15, -0.1) is 0 Å². The summed E-state index contributed by atoms with van der Waals surface area (Å²) >= 11 is 5.79. The molecule has 0 bridgehead atoms. The standard InChI is InChI=1S/C14H12ClFN2O3/c15-10-3-1-9(2-4-10)13(8-19)17-12-6-5-11(16)7-14(12)18(20)21/h1-7,13,17,19H,8H2. The van der Waals surface area contributed by atoms with Crippen molar-refractivity contribution in [3.63, 3.8) is 0 Å². The number of aliphatic hydroxyl groups is 1. The average Bonchev–Trinajstić information content (AvgIpc) is 2.47. The SMILES string of the molecule is O=[N+]([O-])c1cc(F)ccc1NC(CO)c1ccc(Cl)cc1. The van der Waals surface area contributed by atoms with Crippen LogP contribution in [-0.4, -0.2) is 16.6 Å². The minimum Gasteiger partial charge on any atom is -0.394 e. The maximum atomic E-state index is 13.1. The third-order valence-electron chi connectivity index (χ3n) is 2.94. The lowest BCUT2D eigenvalue weighted by Gasteiger charge is -2.18. The van der Waals surface area contributed by atoms with Crippen LogP contribution in [0.25, 0.3) is 0 Å². The molecule has 2 aromatic carbocycles. The second-order valence-corrected chi connectivity index (χ2v) is 4.79. The summed E-state index contributed by atoms with van der Waals surface area (Å²) in [5, 5.41) is 23.8. The second-order valence-electron chi connectivity index (χ2n) is 4.35. The number of nitrogens with zero attached hydrogens (tertiary/aromatic N) is 1. The van der Waals surface area contributed by atoms with E-state index in [9.17, 15) is 19.6 Å². The van der Waals surface area contributed by atoms with Crippen LogP contribution in [0, 0.1) is 15.9 Å². The monoisotopic (exact) mass is 310 g/mol. The van der Waals surface area contributed by atoms with Crippen LogP contribution in [0.4, 0.5) is 15.8 Å². The molecule has 0 aliphatic heterocycles. The fraction of sp³-hybridized carbons (Fsp3) is 0.143. The number of halogens is 2. The molecule has 2 aromatic rings. The predicted octanol–water partition coefficient (Wildman–Crippen LogP) is 3.53. The number of nitro benzene ring substituents is 1. The van der Waals surface area contributed by atoms with Crippen molar-refractivity contribution >= 4 is 23.0 Å². The fourth-order valence-electron chi connectivity index (χ4n) is 1.90. The summed E-state index contributed by atoms with van der Waals surface area (Å²) in [6.07, 6.45) is 0. The van der Waals surface area contributed by atoms with Crippen molar-refractivity contribution < 1.29 is 14.4 Å². The molecule has 5 nitrogen and oxygen atoms in total. The molecular formula is C14H12ClFN2O3. The highest BCUT2D eigenvalue weighted by molar-refractivity contribution is 6.30. The first-order valence-electron chi connectivity index (χ1n) is 6.08. The van der Waals surface area contributed by atoms with E-state index in [1.54, 1.807) is 24.3 Å². The maximum absolute atomic E-state index is 13.1. The van der Waals surface area contributed by atoms with Gasteiger partial charge >= 0.3 is 0 Å². The van der Waals surface area contributed by atoms with Crippen LogP contribution >= 0.6 is 11.6 Å². The summed E-state index contributed by atoms with van der Waals surface area (Å²) in [6.45, 7) is -0.282. The number of benzene rings is 2. The second kappa shape index (κ2) is 6.51. The van der Waals surface area contributed by atoms with E-state index < -0.39 is 16.8 Å². The lowest BCUT2D eigenvalue weighted by molar-refractivity contribution is -0.384. The van der Waals surface area contributed by atoms with Crippen LogP contribution in [-0.2, 0) is 0 Å². The molecule has 2 rings (SSSR count). The summed E-state index contributed by atoms with van der Waals surface area (Å²) < 4.78 is 13.1. The lowest BCUT2D eigenvalue weighted by Crippen LogP contribution is -2.15. The quantitative estimate of drug-likeness (QED) is 0.654. The van der Waals surface area contributed by atoms with Crippen molar-refractivity contribution in [3.05, 3.63) is 69.0 Å². The Morgan fingerprint density at radius 3 is 2.52 bits per heavy atom. The Labute approximate surface area is 125 Å². The number of nitro groups is 1. The predicted molar refractivity (Wildman–Crippen MR) is 78.0 cm³/mol. The van der Waals surface area contributed by atoms with E-state index in [4.69, 9.17) is 11.6 Å². The molecule has 2 N–H and O–H groups in total. The number of hydrogen-bond donors (Lipinski definition) is 2. The maximum Gasteiger partial charge on any atom is 0.295 e. The van der Waals surface area contributed by atoms with Crippen molar-refractivity contribution in [2.45, 2.75) is 6.04 Å². The van der Waals surface area contributed by atoms with Crippen molar-refractivity contribution in [2.24, 2.45) is 0 Å². The summed E-state index contributed by atoms with van der Waals surface area (Å²) in [6, 6.07) is 9.36. The first-order valence-corrected chi connectivity index (χ1v) is 6.46. The zero-order valence-corrected chi connectivity index (χ0v) is 11.5. The lowest BCUT2D eigenvalue weighted by atomic mass is 10.1. The number of anilines is 1. The first-order chi connectivity index (χ1) is 10.0. The van der Waals surface area contributed by atoms with Gasteiger partial charge in [0.15, 0.2) is 0 Å². The molecule has 0 heterocycles. The number of rotatable bonds is 5. The van der Waals surface area contributed by atoms with Crippen LogP contribution in [0.2, 0.25) is 5.02 Å². The van der Waals surface area contributed by atoms with Crippen molar-refractivity contribution in [1.29, 1.82) is 0 Å². The zero-order valence-electron chi connectivity index (χ0n) is 10.8. The van der Waals surface area contributed by atoms with Crippen molar-refractivity contribution in [2.75, 3.05) is 11.9 Å². The largest absolute Gasteiger partial charge is 0.394 e. The molecule has 1 atom stereocenters. The fourth-order valence-corrected chi connectivity index (χ4v) is 2.02. The van der Waals surface area contributed by atoms with E-state index >= 15 is 0 Å². The van der Waals surface area contributed by atoms with Crippen LogP contribution < -0.4 is 5.32 Å². The molecule has 0 spiro atoms. The van der Waals surface area contributed by atoms with Crippen molar-refractivity contribution in [3.8, 4) is 0 Å². The Morgan fingerprint density at radius 1 is 1.29 bits per heavy atom. The Kier molecular flexibility index (Phi) is 4.72. The molecule has 0 fully saturated rings. The molecular weight excluding hydrogens is 299 g/mol. The average molecular weight is 311 g/mol. The third-order valence-corrected chi connectivity index (χ3v) is 3.19. The molecule has 0 aliphatic rings. The first kappa shape index (κ1) is 15.2. The van der Waals surface area contributed by atoms with Crippen LogP contribution in [0.3, 0.4) is 0 Å². The van der Waals surface area contributed by atoms with Crippen molar-refractivity contribution in [1.82, 2.24) is 0 Å². The number of nitrogens with one attached hydrogen (secondary N) is 1. The van der Waals surface area contributed by atoms with Gasteiger partial charge in [0.2, 0.25) is 0 Å². The molecule has 0 saturated heterocycles. The molecule has 21 heavy (non-hydrogen) atoms. The van der Waals surface area contributed by atoms with E-state index in [-0.39, 0.29) is 18.0 Å². The summed E-state index contributed by atoms with van der Waals surface area (Å²) in [5.41, 5.74) is 0.457. The molecule has 7 heteroatoms. The molecule has 0 saturated carbocycles. The Balaban J connectivity index is 2.30. The van der Waals surface area contributed by atoms with Gasteiger partial charge < -0.3 is 10.4 Å². The molecule has 0 aromatic heterocycles. The van der Waals surface area contributed by atoms with E-state index in [0.717, 1.165) is 12.1 Å². The van der Waals surface area contributed by atoms with Gasteiger partial charge in [-0.1, -0.05) is 23.7 Å². The van der Waals surface area contributed by atoms with E-state index in [1.165, 1.54) is 6.07 Å². The van der Waals surface area contributed by atoms with E-state index in [0.29, 0.717) is 10.6 Å². The van der Waals surface area contributed by atoms with Gasteiger partial charge in [-0.25, -0.2) is 4.39 Å². The summed E-state index contributed by atoms with van der Waals surface area (Å²) in [4.78, 5) is 10.3. The Morgan fingerprint density at radius 2 is 1.95 bits per heavy atom. The summed E-state index contributed by atoms with van der Waals surface area (Å²) in [7, 11) is 0. The highest BCUT2D eigenvalue weighted by Gasteiger charge is 2.18. The van der Waals surface area contributed by atoms with Crippen LogP contribution in [0.15, 0.2) is 42.5 Å². The van der Waals surface area contributed by atoms with Gasteiger partial charge in [-0.05, 0) is 29.8 Å². The molecule has 110 valence electrons. The Bertz CT molecular complexity index is 649. The van der Waals surface area contributed by atoms with Crippen LogP contribution in [0.1, 0.15) is 11.6 Å². The molecule has 0 radical (unpaired) electrons. The number of hydrogen-bond acceptors (Lipinski definition) is 4. The van der Waals surface area contributed by atoms with E-state index in [2.05, 4.69) is 5.32 Å². The summed E-state index contributed by atoms with van der Waals surface area (Å²) in [5.74, 6) is -0.695. The number of aliphatic hydroxyl groups excluding tert-OH is 1. The minimum atomic E-state index is -0.695. The van der Waals surface area contributed by atoms with Gasteiger partial charge in [0.1, 0.15) is 11.5 Å². The van der Waals surface area contributed by atoms with Gasteiger partial charge in [0.25, 0.3) is 5.69 Å². The van der Waals surface area contributed by atoms with Gasteiger partial charge in [-0.3, -0.25) is 10.1 Å². The third kappa shape index (κ3) is 3.68. The smallest absolute Gasteiger partial charge is 0.295 e. The van der Waals surface area contributed by atoms with Crippen LogP contribution in [0.5, 0.6) is 0 Å². The molecule has 0 amide bonds. The highest BCUT2D eigenvalue weighted by Crippen LogP contribution is 2.29. The highest BCUT2D eigenvalue weighted by atomic mass is 35.5. The Hall–Kier alpha value is -2.18. The van der Waals surface area contributed by atoms with Gasteiger partial charge in [0.05, 0.1) is 23.6 Å². The molecule has 1 unspecified atom stereocenters. The molecule has 0 aliphatic carbocycles.